The molecule has 7 heteroatoms. The molecule has 1 heterocycles. The highest BCUT2D eigenvalue weighted by Gasteiger charge is 2.23. The third-order valence-corrected chi connectivity index (χ3v) is 1.67. The lowest BCUT2D eigenvalue weighted by Gasteiger charge is -2.15. The summed E-state index contributed by atoms with van der Waals surface area (Å²) in [5.74, 6) is 0.186. The molecule has 0 aliphatic rings. The largest absolute Gasteiger partial charge is 0.465 e. The van der Waals surface area contributed by atoms with Crippen LogP contribution < -0.4 is 11.1 Å². The summed E-state index contributed by atoms with van der Waals surface area (Å²) in [7, 11) is 0. The topological polar surface area (TPSA) is 114 Å². The zero-order valence-corrected chi connectivity index (χ0v) is 7.89. The zero-order valence-electron chi connectivity index (χ0n) is 7.89. The number of nitrogens with zero attached hydrogens (tertiary/aromatic N) is 2. The van der Waals surface area contributed by atoms with Crippen molar-refractivity contribution in [1.82, 2.24) is 15.5 Å². The number of nitrogen functional groups attached to an aromatic ring is 1. The van der Waals surface area contributed by atoms with Crippen LogP contribution >= 0.6 is 0 Å². The molecule has 0 aliphatic carbocycles. The van der Waals surface area contributed by atoms with Crippen LogP contribution in [0.15, 0.2) is 4.42 Å². The summed E-state index contributed by atoms with van der Waals surface area (Å²) in [5, 5.41) is 17.9. The lowest BCUT2D eigenvalue weighted by molar-refractivity contribution is 0.182. The van der Waals surface area contributed by atoms with Crippen LogP contribution in [0.3, 0.4) is 0 Å². The number of aromatic nitrogens is 2. The van der Waals surface area contributed by atoms with Crippen LogP contribution in [0.5, 0.6) is 0 Å². The third-order valence-electron chi connectivity index (χ3n) is 1.67. The number of hydrogen-bond acceptors (Lipinski definition) is 5. The molecule has 7 nitrogen and oxygen atoms in total. The second-order valence-corrected chi connectivity index (χ2v) is 3.15. The van der Waals surface area contributed by atoms with Gasteiger partial charge in [0.25, 0.3) is 0 Å². The number of nitrogens with two attached hydrogens (primary N) is 1. The van der Waals surface area contributed by atoms with Crippen molar-refractivity contribution in [2.75, 3.05) is 5.73 Å². The first kappa shape index (κ1) is 10.3. The van der Waals surface area contributed by atoms with E-state index in [-0.39, 0.29) is 17.8 Å². The smallest absolute Gasteiger partial charge is 0.405 e. The van der Waals surface area contributed by atoms with E-state index >= 15 is 0 Å². The number of hydrogen-bond donors (Lipinski definition) is 3. The first-order valence-corrected chi connectivity index (χ1v) is 4.09. The van der Waals surface area contributed by atoms with Crippen molar-refractivity contribution in [3.8, 4) is 0 Å². The van der Waals surface area contributed by atoms with E-state index in [2.05, 4.69) is 15.5 Å². The van der Waals surface area contributed by atoms with Gasteiger partial charge in [0.05, 0.1) is 0 Å². The van der Waals surface area contributed by atoms with Gasteiger partial charge in [-0.15, -0.1) is 5.10 Å². The predicted octanol–water partition coefficient (Wildman–Crippen LogP) is 0.616. The molecule has 0 saturated carbocycles. The molecule has 1 atom stereocenters. The van der Waals surface area contributed by atoms with Crippen molar-refractivity contribution < 1.29 is 14.3 Å². The van der Waals surface area contributed by atoms with E-state index in [9.17, 15) is 4.79 Å². The summed E-state index contributed by atoms with van der Waals surface area (Å²) >= 11 is 0. The van der Waals surface area contributed by atoms with Crippen LogP contribution in [0.2, 0.25) is 0 Å². The van der Waals surface area contributed by atoms with Crippen LogP contribution in [0.4, 0.5) is 10.8 Å². The second-order valence-electron chi connectivity index (χ2n) is 3.15. The Bertz CT molecular complexity index is 322. The molecule has 0 aliphatic heterocycles. The van der Waals surface area contributed by atoms with Gasteiger partial charge in [0.2, 0.25) is 5.89 Å². The minimum Gasteiger partial charge on any atom is -0.465 e. The summed E-state index contributed by atoms with van der Waals surface area (Å²) in [6.45, 7) is 3.67. The van der Waals surface area contributed by atoms with Gasteiger partial charge in [-0.1, -0.05) is 18.9 Å². The zero-order chi connectivity index (χ0) is 10.7. The number of carboxylic acid groups (broad SMARTS) is 1. The average Bonchev–Trinajstić information content (AvgIpc) is 2.46. The van der Waals surface area contributed by atoms with Gasteiger partial charge in [0, 0.05) is 0 Å². The van der Waals surface area contributed by atoms with Gasteiger partial charge in [-0.3, -0.25) is 0 Å². The number of nitrogens with one attached hydrogen (secondary N) is 1. The fourth-order valence-corrected chi connectivity index (χ4v) is 1.02. The molecule has 14 heavy (non-hydrogen) atoms. The Morgan fingerprint density at radius 3 is 2.57 bits per heavy atom. The van der Waals surface area contributed by atoms with Crippen molar-refractivity contribution in [1.29, 1.82) is 0 Å². The highest BCUT2D eigenvalue weighted by atomic mass is 16.4. The van der Waals surface area contributed by atoms with Gasteiger partial charge in [-0.2, -0.15) is 0 Å². The van der Waals surface area contributed by atoms with Crippen molar-refractivity contribution in [3.05, 3.63) is 5.89 Å². The molecule has 0 spiro atoms. The van der Waals surface area contributed by atoms with Gasteiger partial charge in [0.15, 0.2) is 0 Å². The number of rotatable bonds is 3. The molecule has 0 fully saturated rings. The Morgan fingerprint density at radius 2 is 2.21 bits per heavy atom. The molecule has 1 aromatic rings. The van der Waals surface area contributed by atoms with Gasteiger partial charge >= 0.3 is 12.1 Å². The van der Waals surface area contributed by atoms with Gasteiger partial charge in [-0.25, -0.2) is 4.79 Å². The third kappa shape index (κ3) is 2.35. The molecular weight excluding hydrogens is 188 g/mol. The van der Waals surface area contributed by atoms with Crippen LogP contribution in [0, 0.1) is 5.92 Å². The Kier molecular flexibility index (Phi) is 2.90. The van der Waals surface area contributed by atoms with Crippen molar-refractivity contribution in [2.24, 2.45) is 5.92 Å². The van der Waals surface area contributed by atoms with Crippen LogP contribution in [-0.2, 0) is 0 Å². The van der Waals surface area contributed by atoms with Crippen LogP contribution in [0.25, 0.3) is 0 Å². The van der Waals surface area contributed by atoms with E-state index in [0.717, 1.165) is 0 Å². The normalized spacial score (nSPS) is 12.8. The first-order chi connectivity index (χ1) is 6.50. The molecule has 78 valence electrons. The van der Waals surface area contributed by atoms with Crippen LogP contribution in [-0.4, -0.2) is 21.4 Å². The lowest BCUT2D eigenvalue weighted by atomic mass is 10.1. The molecule has 0 bridgehead atoms. The Labute approximate surface area is 80.3 Å². The molecule has 0 radical (unpaired) electrons. The fraction of sp³-hybridized carbons (Fsp3) is 0.571. The number of anilines is 1. The van der Waals surface area contributed by atoms with Gasteiger partial charge < -0.3 is 20.6 Å². The molecule has 1 rings (SSSR count). The number of amides is 1. The highest BCUT2D eigenvalue weighted by molar-refractivity contribution is 5.65. The van der Waals surface area contributed by atoms with E-state index in [1.54, 1.807) is 0 Å². The Hall–Kier alpha value is -1.79. The fourth-order valence-electron chi connectivity index (χ4n) is 1.02. The van der Waals surface area contributed by atoms with E-state index < -0.39 is 12.1 Å². The van der Waals surface area contributed by atoms with Crippen molar-refractivity contribution >= 4 is 12.1 Å². The summed E-state index contributed by atoms with van der Waals surface area (Å²) in [6, 6.07) is -0.602. The SMILES string of the molecule is CC(C)C(NC(=O)O)c1nnc(N)o1. The standard InChI is InChI=1S/C7H12N4O3/c1-3(2)4(9-7(12)13)5-10-11-6(8)14-5/h3-4,9H,1-2H3,(H2,8,11)(H,12,13). The van der Waals surface area contributed by atoms with Gasteiger partial charge in [0.1, 0.15) is 6.04 Å². The molecule has 4 N–H and O–H groups in total. The molecule has 1 amide bonds. The Balaban J connectivity index is 2.82. The quantitative estimate of drug-likeness (QED) is 0.658. The van der Waals surface area contributed by atoms with Crippen molar-refractivity contribution in [3.63, 3.8) is 0 Å². The summed E-state index contributed by atoms with van der Waals surface area (Å²) in [4.78, 5) is 10.5. The van der Waals surface area contributed by atoms with Crippen molar-refractivity contribution in [2.45, 2.75) is 19.9 Å². The summed E-state index contributed by atoms with van der Waals surface area (Å²) in [5.41, 5.74) is 5.23. The molecule has 0 aromatic carbocycles. The second kappa shape index (κ2) is 3.95. The minimum absolute atomic E-state index is 0.00551. The maximum atomic E-state index is 10.5. The lowest BCUT2D eigenvalue weighted by Crippen LogP contribution is -2.30. The minimum atomic E-state index is -1.14. The average molecular weight is 200 g/mol. The van der Waals surface area contributed by atoms with E-state index in [4.69, 9.17) is 15.3 Å². The highest BCUT2D eigenvalue weighted by Crippen LogP contribution is 2.20. The predicted molar refractivity (Wildman–Crippen MR) is 47.4 cm³/mol. The number of carbonyl (C=O) groups is 1. The maximum absolute atomic E-state index is 10.5. The first-order valence-electron chi connectivity index (χ1n) is 4.09. The Morgan fingerprint density at radius 1 is 1.57 bits per heavy atom. The molecule has 0 saturated heterocycles. The monoisotopic (exact) mass is 200 g/mol. The molecule has 1 unspecified atom stereocenters. The molecule has 1 aromatic heterocycles. The van der Waals surface area contributed by atoms with Crippen LogP contribution in [0.1, 0.15) is 25.8 Å². The van der Waals surface area contributed by atoms with Gasteiger partial charge in [-0.05, 0) is 5.92 Å². The maximum Gasteiger partial charge on any atom is 0.405 e. The summed E-state index contributed by atoms with van der Waals surface area (Å²) in [6.07, 6.45) is -1.14. The van der Waals surface area contributed by atoms with E-state index in [1.165, 1.54) is 0 Å². The van der Waals surface area contributed by atoms with E-state index in [1.807, 2.05) is 13.8 Å². The summed E-state index contributed by atoms with van der Waals surface area (Å²) < 4.78 is 4.94. The molecular formula is C7H12N4O3. The van der Waals surface area contributed by atoms with E-state index in [0.29, 0.717) is 0 Å².